The SMILES string of the molecule is CC(O)C1(Cc2ccc([N+](=O)[O-])cc2)CC1. The van der Waals surface area contributed by atoms with Crippen molar-refractivity contribution in [1.29, 1.82) is 0 Å². The third-order valence-corrected chi connectivity index (χ3v) is 3.48. The first-order valence-corrected chi connectivity index (χ1v) is 5.45. The second kappa shape index (κ2) is 3.87. The second-order valence-corrected chi connectivity index (χ2v) is 4.64. The third-order valence-electron chi connectivity index (χ3n) is 3.48. The van der Waals surface area contributed by atoms with E-state index in [4.69, 9.17) is 0 Å². The van der Waals surface area contributed by atoms with Crippen molar-refractivity contribution in [3.05, 3.63) is 39.9 Å². The molecule has 0 heterocycles. The molecule has 1 fully saturated rings. The van der Waals surface area contributed by atoms with Crippen LogP contribution in [0.5, 0.6) is 0 Å². The van der Waals surface area contributed by atoms with Crippen LogP contribution >= 0.6 is 0 Å². The monoisotopic (exact) mass is 221 g/mol. The maximum Gasteiger partial charge on any atom is 0.269 e. The van der Waals surface area contributed by atoms with E-state index in [0.717, 1.165) is 24.8 Å². The van der Waals surface area contributed by atoms with Crippen molar-refractivity contribution < 1.29 is 10.0 Å². The lowest BCUT2D eigenvalue weighted by molar-refractivity contribution is -0.384. The summed E-state index contributed by atoms with van der Waals surface area (Å²) in [6, 6.07) is 6.60. The molecular weight excluding hydrogens is 206 g/mol. The van der Waals surface area contributed by atoms with Crippen LogP contribution < -0.4 is 0 Å². The number of aliphatic hydroxyl groups excluding tert-OH is 1. The van der Waals surface area contributed by atoms with E-state index in [0.29, 0.717) is 0 Å². The molecule has 86 valence electrons. The molecule has 4 nitrogen and oxygen atoms in total. The lowest BCUT2D eigenvalue weighted by Crippen LogP contribution is -2.20. The average molecular weight is 221 g/mol. The summed E-state index contributed by atoms with van der Waals surface area (Å²) in [4.78, 5) is 10.1. The van der Waals surface area contributed by atoms with E-state index < -0.39 is 4.92 Å². The molecule has 1 aromatic carbocycles. The fraction of sp³-hybridized carbons (Fsp3) is 0.500. The largest absolute Gasteiger partial charge is 0.393 e. The minimum Gasteiger partial charge on any atom is -0.393 e. The van der Waals surface area contributed by atoms with Gasteiger partial charge >= 0.3 is 0 Å². The van der Waals surface area contributed by atoms with Crippen LogP contribution in [0.2, 0.25) is 0 Å². The molecule has 1 saturated carbocycles. The fourth-order valence-corrected chi connectivity index (χ4v) is 2.04. The Morgan fingerprint density at radius 3 is 2.38 bits per heavy atom. The maximum absolute atomic E-state index is 10.5. The average Bonchev–Trinajstić information content (AvgIpc) is 3.00. The normalized spacial score (nSPS) is 19.1. The van der Waals surface area contributed by atoms with Crippen molar-refractivity contribution in [3.63, 3.8) is 0 Å². The summed E-state index contributed by atoms with van der Waals surface area (Å²) in [6.45, 7) is 1.82. The van der Waals surface area contributed by atoms with E-state index >= 15 is 0 Å². The number of nitro groups is 1. The smallest absolute Gasteiger partial charge is 0.269 e. The van der Waals surface area contributed by atoms with Crippen LogP contribution in [0.4, 0.5) is 5.69 Å². The number of hydrogen-bond acceptors (Lipinski definition) is 3. The fourth-order valence-electron chi connectivity index (χ4n) is 2.04. The van der Waals surface area contributed by atoms with Gasteiger partial charge in [0.1, 0.15) is 0 Å². The molecule has 0 radical (unpaired) electrons. The lowest BCUT2D eigenvalue weighted by atomic mass is 9.92. The molecule has 0 spiro atoms. The third kappa shape index (κ3) is 2.07. The summed E-state index contributed by atoms with van der Waals surface area (Å²) in [7, 11) is 0. The molecule has 4 heteroatoms. The molecule has 1 unspecified atom stereocenters. The number of non-ortho nitro benzene ring substituents is 1. The predicted molar refractivity (Wildman–Crippen MR) is 60.1 cm³/mol. The minimum absolute atomic E-state index is 0.0239. The Kier molecular flexibility index (Phi) is 2.68. The van der Waals surface area contributed by atoms with Crippen molar-refractivity contribution in [1.82, 2.24) is 0 Å². The van der Waals surface area contributed by atoms with Crippen molar-refractivity contribution in [2.45, 2.75) is 32.3 Å². The van der Waals surface area contributed by atoms with Gasteiger partial charge in [-0.15, -0.1) is 0 Å². The van der Waals surface area contributed by atoms with Gasteiger partial charge in [0.05, 0.1) is 11.0 Å². The molecule has 1 atom stereocenters. The van der Waals surface area contributed by atoms with Crippen LogP contribution in [-0.2, 0) is 6.42 Å². The van der Waals surface area contributed by atoms with Crippen LogP contribution in [0.1, 0.15) is 25.3 Å². The summed E-state index contributed by atoms with van der Waals surface area (Å²) < 4.78 is 0. The van der Waals surface area contributed by atoms with E-state index in [1.54, 1.807) is 12.1 Å². The lowest BCUT2D eigenvalue weighted by Gasteiger charge is -2.18. The van der Waals surface area contributed by atoms with Gasteiger partial charge in [0.2, 0.25) is 0 Å². The highest BCUT2D eigenvalue weighted by Gasteiger charge is 2.46. The van der Waals surface area contributed by atoms with E-state index in [1.165, 1.54) is 12.1 Å². The molecule has 1 N–H and O–H groups in total. The summed E-state index contributed by atoms with van der Waals surface area (Å²) >= 11 is 0. The topological polar surface area (TPSA) is 63.4 Å². The maximum atomic E-state index is 10.5. The number of benzene rings is 1. The highest BCUT2D eigenvalue weighted by Crippen LogP contribution is 2.51. The predicted octanol–water partition coefficient (Wildman–Crippen LogP) is 2.30. The van der Waals surface area contributed by atoms with E-state index in [2.05, 4.69) is 0 Å². The van der Waals surface area contributed by atoms with Crippen LogP contribution in [0, 0.1) is 15.5 Å². The Hall–Kier alpha value is -1.42. The van der Waals surface area contributed by atoms with Crippen molar-refractivity contribution in [2.24, 2.45) is 5.41 Å². The Bertz CT molecular complexity index is 393. The van der Waals surface area contributed by atoms with Crippen LogP contribution in [0.25, 0.3) is 0 Å². The minimum atomic E-state index is -0.397. The molecule has 0 saturated heterocycles. The zero-order valence-electron chi connectivity index (χ0n) is 9.22. The van der Waals surface area contributed by atoms with Crippen molar-refractivity contribution in [3.8, 4) is 0 Å². The molecule has 2 rings (SSSR count). The first-order chi connectivity index (χ1) is 7.53. The second-order valence-electron chi connectivity index (χ2n) is 4.64. The van der Waals surface area contributed by atoms with Crippen LogP contribution in [-0.4, -0.2) is 16.1 Å². The summed E-state index contributed by atoms with van der Waals surface area (Å²) in [5.41, 5.74) is 1.20. The van der Waals surface area contributed by atoms with Crippen LogP contribution in [0.3, 0.4) is 0 Å². The summed E-state index contributed by atoms with van der Waals surface area (Å²) in [6.07, 6.45) is 2.59. The molecule has 0 amide bonds. The van der Waals surface area contributed by atoms with Gasteiger partial charge in [-0.05, 0) is 31.7 Å². The van der Waals surface area contributed by atoms with Gasteiger partial charge in [0, 0.05) is 17.5 Å². The molecule has 0 bridgehead atoms. The number of rotatable bonds is 4. The summed E-state index contributed by atoms with van der Waals surface area (Å²) in [5, 5.41) is 20.1. The molecule has 0 aliphatic heterocycles. The number of nitrogens with zero attached hydrogens (tertiary/aromatic N) is 1. The molecule has 0 aromatic heterocycles. The van der Waals surface area contributed by atoms with Gasteiger partial charge in [0.25, 0.3) is 5.69 Å². The van der Waals surface area contributed by atoms with Gasteiger partial charge in [-0.25, -0.2) is 0 Å². The first kappa shape index (κ1) is 11.1. The number of hydrogen-bond donors (Lipinski definition) is 1. The Morgan fingerprint density at radius 2 is 2.00 bits per heavy atom. The molecular formula is C12H15NO3. The van der Waals surface area contributed by atoms with Gasteiger partial charge in [-0.3, -0.25) is 10.1 Å². The Morgan fingerprint density at radius 1 is 1.44 bits per heavy atom. The van der Waals surface area contributed by atoms with Gasteiger partial charge in [0.15, 0.2) is 0 Å². The Labute approximate surface area is 94.1 Å². The van der Waals surface area contributed by atoms with E-state index in [9.17, 15) is 15.2 Å². The van der Waals surface area contributed by atoms with E-state index in [1.807, 2.05) is 6.92 Å². The number of aliphatic hydroxyl groups is 1. The molecule has 1 aliphatic carbocycles. The van der Waals surface area contributed by atoms with Gasteiger partial charge in [-0.1, -0.05) is 12.1 Å². The number of nitro benzene ring substituents is 1. The van der Waals surface area contributed by atoms with Crippen molar-refractivity contribution in [2.75, 3.05) is 0 Å². The molecule has 1 aromatic rings. The standard InChI is InChI=1S/C12H15NO3/c1-9(14)12(6-7-12)8-10-2-4-11(5-3-10)13(15)16/h2-5,9,14H,6-8H2,1H3. The first-order valence-electron chi connectivity index (χ1n) is 5.45. The summed E-state index contributed by atoms with van der Waals surface area (Å²) in [5.74, 6) is 0. The highest BCUT2D eigenvalue weighted by molar-refractivity contribution is 5.33. The Balaban J connectivity index is 2.09. The molecule has 16 heavy (non-hydrogen) atoms. The van der Waals surface area contributed by atoms with Crippen LogP contribution in [0.15, 0.2) is 24.3 Å². The van der Waals surface area contributed by atoms with Gasteiger partial charge < -0.3 is 5.11 Å². The quantitative estimate of drug-likeness (QED) is 0.626. The highest BCUT2D eigenvalue weighted by atomic mass is 16.6. The van der Waals surface area contributed by atoms with Crippen molar-refractivity contribution >= 4 is 5.69 Å². The zero-order valence-corrected chi connectivity index (χ0v) is 9.22. The van der Waals surface area contributed by atoms with Gasteiger partial charge in [-0.2, -0.15) is 0 Å². The van der Waals surface area contributed by atoms with E-state index in [-0.39, 0.29) is 17.2 Å². The zero-order chi connectivity index (χ0) is 11.8. The molecule has 1 aliphatic rings.